The van der Waals surface area contributed by atoms with Gasteiger partial charge >= 0.3 is 5.97 Å². The molecule has 1 aromatic rings. The zero-order valence-corrected chi connectivity index (χ0v) is 11.7. The lowest BCUT2D eigenvalue weighted by Crippen LogP contribution is -2.20. The number of hydrogen-bond acceptors (Lipinski definition) is 4. The van der Waals surface area contributed by atoms with Crippen LogP contribution in [0.4, 0.5) is 0 Å². The van der Waals surface area contributed by atoms with Crippen LogP contribution in [0.25, 0.3) is 0 Å². The van der Waals surface area contributed by atoms with Gasteiger partial charge in [-0.2, -0.15) is 0 Å². The minimum atomic E-state index is -0.293. The number of allylic oxidation sites excluding steroid dienone is 1. The SMILES string of the molecule is COc1ccccc1CNCCOC(=O)C=C(C)C. The van der Waals surface area contributed by atoms with Gasteiger partial charge in [-0.25, -0.2) is 4.79 Å². The summed E-state index contributed by atoms with van der Waals surface area (Å²) >= 11 is 0. The van der Waals surface area contributed by atoms with Gasteiger partial charge in [-0.3, -0.25) is 0 Å². The van der Waals surface area contributed by atoms with Gasteiger partial charge in [-0.05, 0) is 19.9 Å². The van der Waals surface area contributed by atoms with E-state index in [1.807, 2.05) is 38.1 Å². The fourth-order valence-corrected chi connectivity index (χ4v) is 1.57. The molecule has 0 radical (unpaired) electrons. The van der Waals surface area contributed by atoms with Gasteiger partial charge in [-0.1, -0.05) is 23.8 Å². The minimum Gasteiger partial charge on any atom is -0.496 e. The number of carbonyl (C=O) groups excluding carboxylic acids is 1. The van der Waals surface area contributed by atoms with Gasteiger partial charge in [0.05, 0.1) is 7.11 Å². The van der Waals surface area contributed by atoms with Gasteiger partial charge < -0.3 is 14.8 Å². The van der Waals surface area contributed by atoms with Crippen LogP contribution in [-0.4, -0.2) is 26.2 Å². The molecule has 1 N–H and O–H groups in total. The first kappa shape index (κ1) is 15.2. The van der Waals surface area contributed by atoms with Crippen molar-refractivity contribution in [3.8, 4) is 5.75 Å². The molecule has 0 saturated heterocycles. The van der Waals surface area contributed by atoms with Crippen molar-refractivity contribution in [3.63, 3.8) is 0 Å². The molecule has 0 aliphatic heterocycles. The molecule has 0 aliphatic rings. The van der Waals surface area contributed by atoms with Crippen molar-refractivity contribution in [2.75, 3.05) is 20.3 Å². The standard InChI is InChI=1S/C15H21NO3/c1-12(2)10-15(17)19-9-8-16-11-13-6-4-5-7-14(13)18-3/h4-7,10,16H,8-9,11H2,1-3H3. The Bertz CT molecular complexity index is 437. The Kier molecular flexibility index (Phi) is 6.68. The highest BCUT2D eigenvalue weighted by Gasteiger charge is 2.01. The first-order valence-corrected chi connectivity index (χ1v) is 6.27. The Morgan fingerprint density at radius 3 is 2.74 bits per heavy atom. The van der Waals surface area contributed by atoms with Gasteiger partial charge in [0, 0.05) is 24.7 Å². The number of carbonyl (C=O) groups is 1. The van der Waals surface area contributed by atoms with Crippen LogP contribution < -0.4 is 10.1 Å². The van der Waals surface area contributed by atoms with Crippen LogP contribution in [-0.2, 0) is 16.1 Å². The van der Waals surface area contributed by atoms with E-state index in [4.69, 9.17) is 9.47 Å². The van der Waals surface area contributed by atoms with E-state index in [9.17, 15) is 4.79 Å². The first-order valence-electron chi connectivity index (χ1n) is 6.27. The maximum absolute atomic E-state index is 11.2. The monoisotopic (exact) mass is 263 g/mol. The van der Waals surface area contributed by atoms with E-state index in [1.54, 1.807) is 7.11 Å². The smallest absolute Gasteiger partial charge is 0.330 e. The highest BCUT2D eigenvalue weighted by Crippen LogP contribution is 2.16. The number of methoxy groups -OCH3 is 1. The third-order valence-corrected chi connectivity index (χ3v) is 2.44. The lowest BCUT2D eigenvalue weighted by molar-refractivity contribution is -0.137. The van der Waals surface area contributed by atoms with Gasteiger partial charge in [0.2, 0.25) is 0 Å². The third kappa shape index (κ3) is 6.06. The third-order valence-electron chi connectivity index (χ3n) is 2.44. The normalized spacial score (nSPS) is 9.84. The van der Waals surface area contributed by atoms with Crippen LogP contribution in [0.3, 0.4) is 0 Å². The van der Waals surface area contributed by atoms with Gasteiger partial charge in [-0.15, -0.1) is 0 Å². The molecule has 104 valence electrons. The molecule has 4 heteroatoms. The predicted molar refractivity (Wildman–Crippen MR) is 75.1 cm³/mol. The number of hydrogen-bond donors (Lipinski definition) is 1. The molecule has 1 rings (SSSR count). The van der Waals surface area contributed by atoms with Crippen molar-refractivity contribution >= 4 is 5.97 Å². The van der Waals surface area contributed by atoms with Crippen LogP contribution in [0.5, 0.6) is 5.75 Å². The minimum absolute atomic E-state index is 0.293. The predicted octanol–water partition coefficient (Wildman–Crippen LogP) is 2.29. The summed E-state index contributed by atoms with van der Waals surface area (Å²) in [6, 6.07) is 7.82. The lowest BCUT2D eigenvalue weighted by atomic mass is 10.2. The summed E-state index contributed by atoms with van der Waals surface area (Å²) < 4.78 is 10.3. The average molecular weight is 263 g/mol. The van der Waals surface area contributed by atoms with E-state index in [1.165, 1.54) is 6.08 Å². The van der Waals surface area contributed by atoms with Gasteiger partial charge in [0.1, 0.15) is 12.4 Å². The van der Waals surface area contributed by atoms with Crippen LogP contribution in [0.1, 0.15) is 19.4 Å². The summed E-state index contributed by atoms with van der Waals surface area (Å²) in [6.07, 6.45) is 1.49. The number of ether oxygens (including phenoxy) is 2. The Hall–Kier alpha value is -1.81. The van der Waals surface area contributed by atoms with Crippen molar-refractivity contribution in [2.24, 2.45) is 0 Å². The number of benzene rings is 1. The van der Waals surface area contributed by atoms with E-state index in [0.717, 1.165) is 16.9 Å². The lowest BCUT2D eigenvalue weighted by Gasteiger charge is -2.09. The highest BCUT2D eigenvalue weighted by atomic mass is 16.5. The van der Waals surface area contributed by atoms with E-state index in [2.05, 4.69) is 5.32 Å². The number of esters is 1. The van der Waals surface area contributed by atoms with E-state index in [-0.39, 0.29) is 5.97 Å². The number of para-hydroxylation sites is 1. The summed E-state index contributed by atoms with van der Waals surface area (Å²) in [4.78, 5) is 11.2. The van der Waals surface area contributed by atoms with Crippen molar-refractivity contribution < 1.29 is 14.3 Å². The average Bonchev–Trinajstić information content (AvgIpc) is 2.38. The second-order valence-electron chi connectivity index (χ2n) is 4.38. The summed E-state index contributed by atoms with van der Waals surface area (Å²) in [5.41, 5.74) is 2.02. The second-order valence-corrected chi connectivity index (χ2v) is 4.38. The molecule has 0 aromatic heterocycles. The molecule has 0 atom stereocenters. The fourth-order valence-electron chi connectivity index (χ4n) is 1.57. The van der Waals surface area contributed by atoms with Gasteiger partial charge in [0.25, 0.3) is 0 Å². The molecule has 0 bridgehead atoms. The van der Waals surface area contributed by atoms with Crippen LogP contribution >= 0.6 is 0 Å². The van der Waals surface area contributed by atoms with Crippen molar-refractivity contribution in [3.05, 3.63) is 41.5 Å². The summed E-state index contributed by atoms with van der Waals surface area (Å²) in [5.74, 6) is 0.565. The molecule has 0 saturated carbocycles. The first-order chi connectivity index (χ1) is 9.13. The Morgan fingerprint density at radius 1 is 1.32 bits per heavy atom. The number of rotatable bonds is 7. The largest absolute Gasteiger partial charge is 0.496 e. The fraction of sp³-hybridized carbons (Fsp3) is 0.400. The van der Waals surface area contributed by atoms with E-state index in [0.29, 0.717) is 19.7 Å². The molecular weight excluding hydrogens is 242 g/mol. The molecule has 4 nitrogen and oxygen atoms in total. The zero-order valence-electron chi connectivity index (χ0n) is 11.7. The van der Waals surface area contributed by atoms with Crippen molar-refractivity contribution in [2.45, 2.75) is 20.4 Å². The molecular formula is C15H21NO3. The van der Waals surface area contributed by atoms with Crippen molar-refractivity contribution in [1.82, 2.24) is 5.32 Å². The zero-order chi connectivity index (χ0) is 14.1. The topological polar surface area (TPSA) is 47.6 Å². The molecule has 1 aromatic carbocycles. The maximum Gasteiger partial charge on any atom is 0.330 e. The molecule has 0 spiro atoms. The van der Waals surface area contributed by atoms with Crippen LogP contribution in [0.15, 0.2) is 35.9 Å². The van der Waals surface area contributed by atoms with Crippen LogP contribution in [0.2, 0.25) is 0 Å². The van der Waals surface area contributed by atoms with Crippen LogP contribution in [0, 0.1) is 0 Å². The molecule has 0 unspecified atom stereocenters. The van der Waals surface area contributed by atoms with Gasteiger partial charge in [0.15, 0.2) is 0 Å². The Labute approximate surface area is 114 Å². The highest BCUT2D eigenvalue weighted by molar-refractivity contribution is 5.82. The summed E-state index contributed by atoms with van der Waals surface area (Å²) in [7, 11) is 1.65. The number of nitrogens with one attached hydrogen (secondary N) is 1. The molecule has 0 fully saturated rings. The van der Waals surface area contributed by atoms with E-state index >= 15 is 0 Å². The molecule has 0 heterocycles. The second kappa shape index (κ2) is 8.32. The Balaban J connectivity index is 2.24. The molecule has 19 heavy (non-hydrogen) atoms. The summed E-state index contributed by atoms with van der Waals surface area (Å²) in [6.45, 7) is 5.38. The maximum atomic E-state index is 11.2. The van der Waals surface area contributed by atoms with E-state index < -0.39 is 0 Å². The Morgan fingerprint density at radius 2 is 2.05 bits per heavy atom. The molecule has 0 amide bonds. The summed E-state index contributed by atoms with van der Waals surface area (Å²) in [5, 5.41) is 3.21. The van der Waals surface area contributed by atoms with Crippen molar-refractivity contribution in [1.29, 1.82) is 0 Å². The quantitative estimate of drug-likeness (QED) is 0.466. The molecule has 0 aliphatic carbocycles.